The Bertz CT molecular complexity index is 733. The molecule has 0 radical (unpaired) electrons. The van der Waals surface area contributed by atoms with Crippen LogP contribution in [0.4, 0.5) is 16.5 Å². The van der Waals surface area contributed by atoms with E-state index in [2.05, 4.69) is 15.5 Å². The second kappa shape index (κ2) is 6.97. The molecule has 0 aliphatic carbocycles. The molecule has 7 nitrogen and oxygen atoms in total. The molecular weight excluding hydrogens is 334 g/mol. The van der Waals surface area contributed by atoms with Crippen LogP contribution in [0, 0.1) is 0 Å². The molecule has 1 fully saturated rings. The molecule has 120 valence electrons. The lowest BCUT2D eigenvalue weighted by Crippen LogP contribution is -2.25. The summed E-state index contributed by atoms with van der Waals surface area (Å²) in [5.74, 6) is 0.130. The number of carbonyl (C=O) groups excluding carboxylic acids is 2. The molecule has 0 unspecified atom stereocenters. The Morgan fingerprint density at radius 1 is 1.39 bits per heavy atom. The van der Waals surface area contributed by atoms with Crippen LogP contribution < -0.4 is 16.0 Å². The van der Waals surface area contributed by atoms with E-state index in [1.165, 1.54) is 23.1 Å². The van der Waals surface area contributed by atoms with Gasteiger partial charge in [-0.2, -0.15) is 0 Å². The molecular formula is C14H15N5O2S2. The van der Waals surface area contributed by atoms with E-state index in [0.717, 1.165) is 12.1 Å². The number of nitrogens with two attached hydrogens (primary N) is 1. The smallest absolute Gasteiger partial charge is 0.234 e. The van der Waals surface area contributed by atoms with E-state index in [1.807, 2.05) is 18.2 Å². The van der Waals surface area contributed by atoms with Crippen molar-refractivity contribution >= 4 is 51.4 Å². The first-order chi connectivity index (χ1) is 11.1. The van der Waals surface area contributed by atoms with Gasteiger partial charge in [0.25, 0.3) is 0 Å². The number of benzene rings is 1. The van der Waals surface area contributed by atoms with Gasteiger partial charge in [-0.1, -0.05) is 35.2 Å². The Kier molecular flexibility index (Phi) is 4.77. The summed E-state index contributed by atoms with van der Waals surface area (Å²) in [5, 5.41) is 10.8. The van der Waals surface area contributed by atoms with E-state index in [9.17, 15) is 9.59 Å². The molecule has 2 heterocycles. The van der Waals surface area contributed by atoms with Crippen molar-refractivity contribution in [3.8, 4) is 0 Å². The number of thioether (sulfide) groups is 1. The van der Waals surface area contributed by atoms with E-state index in [4.69, 9.17) is 5.73 Å². The monoisotopic (exact) mass is 349 g/mol. The lowest BCUT2D eigenvalue weighted by molar-refractivity contribution is -0.117. The van der Waals surface area contributed by atoms with Gasteiger partial charge in [0.15, 0.2) is 4.34 Å². The molecule has 1 aliphatic rings. The average molecular weight is 349 g/mol. The molecule has 23 heavy (non-hydrogen) atoms. The Morgan fingerprint density at radius 2 is 2.22 bits per heavy atom. The number of rotatable bonds is 5. The molecule has 2 aromatic rings. The van der Waals surface area contributed by atoms with E-state index >= 15 is 0 Å². The fraction of sp³-hybridized carbons (Fsp3) is 0.286. The number of hydrogen-bond donors (Lipinski definition) is 2. The largest absolute Gasteiger partial charge is 0.374 e. The standard InChI is InChI=1S/C14H15N5O2S2/c15-13-17-18-14(23-13)22-8-11(20)16-9-4-1-2-5-10(9)19-7-3-6-12(19)21/h1-2,4-5H,3,6-8H2,(H2,15,17)(H,16,20). The highest BCUT2D eigenvalue weighted by molar-refractivity contribution is 8.01. The highest BCUT2D eigenvalue weighted by atomic mass is 32.2. The van der Waals surface area contributed by atoms with Gasteiger partial charge in [0.1, 0.15) is 0 Å². The molecule has 1 aromatic carbocycles. The molecule has 9 heteroatoms. The summed E-state index contributed by atoms with van der Waals surface area (Å²) in [5.41, 5.74) is 6.89. The van der Waals surface area contributed by atoms with E-state index in [0.29, 0.717) is 28.1 Å². The van der Waals surface area contributed by atoms with Crippen molar-refractivity contribution in [2.75, 3.05) is 28.2 Å². The maximum Gasteiger partial charge on any atom is 0.234 e. The number of para-hydroxylation sites is 2. The van der Waals surface area contributed by atoms with Gasteiger partial charge in [0.2, 0.25) is 16.9 Å². The molecule has 0 bridgehead atoms. The third-order valence-electron chi connectivity index (χ3n) is 3.29. The minimum atomic E-state index is -0.164. The Balaban J connectivity index is 1.65. The summed E-state index contributed by atoms with van der Waals surface area (Å²) in [7, 11) is 0. The van der Waals surface area contributed by atoms with E-state index in [1.54, 1.807) is 11.0 Å². The molecule has 3 N–H and O–H groups in total. The molecule has 1 aliphatic heterocycles. The van der Waals surface area contributed by atoms with Gasteiger partial charge < -0.3 is 16.0 Å². The zero-order chi connectivity index (χ0) is 16.2. The van der Waals surface area contributed by atoms with Crippen molar-refractivity contribution in [2.24, 2.45) is 0 Å². The average Bonchev–Trinajstić information content (AvgIpc) is 3.14. The quantitative estimate of drug-likeness (QED) is 0.801. The first kappa shape index (κ1) is 15.8. The number of hydrogen-bond acceptors (Lipinski definition) is 7. The predicted molar refractivity (Wildman–Crippen MR) is 91.7 cm³/mol. The van der Waals surface area contributed by atoms with E-state index < -0.39 is 0 Å². The van der Waals surface area contributed by atoms with Crippen LogP contribution in [0.5, 0.6) is 0 Å². The minimum Gasteiger partial charge on any atom is -0.374 e. The summed E-state index contributed by atoms with van der Waals surface area (Å²) in [6.07, 6.45) is 1.39. The van der Waals surface area contributed by atoms with Gasteiger partial charge in [-0.3, -0.25) is 9.59 Å². The molecule has 0 saturated carbocycles. The Hall–Kier alpha value is -2.13. The number of carbonyl (C=O) groups is 2. The summed E-state index contributed by atoms with van der Waals surface area (Å²) in [6.45, 7) is 0.685. The van der Waals surface area contributed by atoms with Crippen LogP contribution in [-0.2, 0) is 9.59 Å². The first-order valence-electron chi connectivity index (χ1n) is 7.04. The number of nitrogens with one attached hydrogen (secondary N) is 1. The Morgan fingerprint density at radius 3 is 2.91 bits per heavy atom. The zero-order valence-electron chi connectivity index (χ0n) is 12.2. The Labute approximate surface area is 141 Å². The molecule has 1 saturated heterocycles. The molecule has 2 amide bonds. The number of amides is 2. The van der Waals surface area contributed by atoms with Crippen molar-refractivity contribution in [2.45, 2.75) is 17.2 Å². The van der Waals surface area contributed by atoms with Gasteiger partial charge in [-0.15, -0.1) is 10.2 Å². The third-order valence-corrected chi connectivity index (χ3v) is 5.18. The van der Waals surface area contributed by atoms with Gasteiger partial charge in [0, 0.05) is 13.0 Å². The molecule has 0 atom stereocenters. The summed E-state index contributed by atoms with van der Waals surface area (Å²) >= 11 is 2.53. The topological polar surface area (TPSA) is 101 Å². The second-order valence-electron chi connectivity index (χ2n) is 4.91. The lowest BCUT2D eigenvalue weighted by Gasteiger charge is -2.19. The van der Waals surface area contributed by atoms with Crippen LogP contribution in [0.3, 0.4) is 0 Å². The van der Waals surface area contributed by atoms with Crippen molar-refractivity contribution < 1.29 is 9.59 Å². The van der Waals surface area contributed by atoms with Crippen molar-refractivity contribution in [3.63, 3.8) is 0 Å². The normalized spacial score (nSPS) is 14.3. The maximum atomic E-state index is 12.1. The lowest BCUT2D eigenvalue weighted by atomic mass is 10.2. The predicted octanol–water partition coefficient (Wildman–Crippen LogP) is 1.98. The molecule has 0 spiro atoms. The summed E-state index contributed by atoms with van der Waals surface area (Å²) in [4.78, 5) is 25.8. The SMILES string of the molecule is Nc1nnc(SCC(=O)Nc2ccccc2N2CCCC2=O)s1. The van der Waals surface area contributed by atoms with Gasteiger partial charge in [-0.25, -0.2) is 0 Å². The number of anilines is 3. The zero-order valence-corrected chi connectivity index (χ0v) is 13.8. The van der Waals surface area contributed by atoms with Crippen molar-refractivity contribution in [1.29, 1.82) is 0 Å². The highest BCUT2D eigenvalue weighted by Gasteiger charge is 2.24. The molecule has 3 rings (SSSR count). The van der Waals surface area contributed by atoms with Gasteiger partial charge in [0.05, 0.1) is 17.1 Å². The van der Waals surface area contributed by atoms with Crippen molar-refractivity contribution in [1.82, 2.24) is 10.2 Å². The van der Waals surface area contributed by atoms with Crippen molar-refractivity contribution in [3.05, 3.63) is 24.3 Å². The third kappa shape index (κ3) is 3.80. The fourth-order valence-electron chi connectivity index (χ4n) is 2.31. The minimum absolute atomic E-state index is 0.0883. The number of nitrogens with zero attached hydrogens (tertiary/aromatic N) is 3. The molecule has 1 aromatic heterocycles. The van der Waals surface area contributed by atoms with Crippen LogP contribution in [0.15, 0.2) is 28.6 Å². The van der Waals surface area contributed by atoms with Gasteiger partial charge in [-0.05, 0) is 18.6 Å². The van der Waals surface area contributed by atoms with Crippen LogP contribution in [-0.4, -0.2) is 34.3 Å². The number of aromatic nitrogens is 2. The van der Waals surface area contributed by atoms with Crippen LogP contribution in [0.25, 0.3) is 0 Å². The summed E-state index contributed by atoms with van der Waals surface area (Å²) in [6, 6.07) is 7.33. The highest BCUT2D eigenvalue weighted by Crippen LogP contribution is 2.30. The van der Waals surface area contributed by atoms with Crippen LogP contribution in [0.1, 0.15) is 12.8 Å². The number of nitrogen functional groups attached to an aromatic ring is 1. The first-order valence-corrected chi connectivity index (χ1v) is 8.85. The maximum absolute atomic E-state index is 12.1. The van der Waals surface area contributed by atoms with Crippen LogP contribution >= 0.6 is 23.1 Å². The van der Waals surface area contributed by atoms with E-state index in [-0.39, 0.29) is 17.6 Å². The summed E-state index contributed by atoms with van der Waals surface area (Å²) < 4.78 is 0.653. The van der Waals surface area contributed by atoms with Gasteiger partial charge >= 0.3 is 0 Å². The second-order valence-corrected chi connectivity index (χ2v) is 7.14. The fourth-order valence-corrected chi connectivity index (χ4v) is 3.75. The van der Waals surface area contributed by atoms with Crippen LogP contribution in [0.2, 0.25) is 0 Å².